The van der Waals surface area contributed by atoms with Gasteiger partial charge in [-0.2, -0.15) is 10.2 Å². The number of aromatic nitrogens is 2. The lowest BCUT2D eigenvalue weighted by atomic mass is 10.0. The molecule has 0 amide bonds. The number of halogens is 1. The molecule has 1 aromatic carbocycles. The number of anilines is 2. The van der Waals surface area contributed by atoms with Gasteiger partial charge in [-0.05, 0) is 18.2 Å². The minimum absolute atomic E-state index is 0.0263. The van der Waals surface area contributed by atoms with Crippen molar-refractivity contribution in [2.75, 3.05) is 11.5 Å². The SMILES string of the molecule is C#Cc1ccc(-c2nc(N)nc(N)c2C#N)c(F)c1. The lowest BCUT2D eigenvalue weighted by Crippen LogP contribution is -2.05. The number of nitriles is 1. The number of rotatable bonds is 1. The second-order valence-corrected chi connectivity index (χ2v) is 3.64. The Morgan fingerprint density at radius 2 is 2.00 bits per heavy atom. The molecule has 0 radical (unpaired) electrons. The highest BCUT2D eigenvalue weighted by molar-refractivity contribution is 5.73. The van der Waals surface area contributed by atoms with Crippen LogP contribution in [-0.2, 0) is 0 Å². The van der Waals surface area contributed by atoms with Crippen LogP contribution in [0.5, 0.6) is 0 Å². The molecule has 0 aliphatic rings. The highest BCUT2D eigenvalue weighted by atomic mass is 19.1. The lowest BCUT2D eigenvalue weighted by molar-refractivity contribution is 0.630. The molecule has 0 bridgehead atoms. The molecule has 6 heteroatoms. The van der Waals surface area contributed by atoms with E-state index in [9.17, 15) is 4.39 Å². The quantitative estimate of drug-likeness (QED) is 0.746. The van der Waals surface area contributed by atoms with Crippen molar-refractivity contribution in [1.82, 2.24) is 9.97 Å². The fourth-order valence-corrected chi connectivity index (χ4v) is 1.60. The van der Waals surface area contributed by atoms with E-state index in [0.717, 1.165) is 0 Å². The zero-order valence-corrected chi connectivity index (χ0v) is 9.68. The highest BCUT2D eigenvalue weighted by Gasteiger charge is 2.16. The van der Waals surface area contributed by atoms with Crippen LogP contribution < -0.4 is 11.5 Å². The van der Waals surface area contributed by atoms with Gasteiger partial charge in [0.2, 0.25) is 5.95 Å². The first-order chi connectivity index (χ1) is 9.06. The lowest BCUT2D eigenvalue weighted by Gasteiger charge is -2.07. The largest absolute Gasteiger partial charge is 0.382 e. The van der Waals surface area contributed by atoms with Crippen LogP contribution in [0.15, 0.2) is 18.2 Å². The normalized spacial score (nSPS) is 9.63. The van der Waals surface area contributed by atoms with Crippen LogP contribution in [-0.4, -0.2) is 9.97 Å². The maximum Gasteiger partial charge on any atom is 0.222 e. The fraction of sp³-hybridized carbons (Fsp3) is 0. The average molecular weight is 253 g/mol. The smallest absolute Gasteiger partial charge is 0.222 e. The van der Waals surface area contributed by atoms with Crippen molar-refractivity contribution < 1.29 is 4.39 Å². The van der Waals surface area contributed by atoms with Crippen LogP contribution in [0.1, 0.15) is 11.1 Å². The van der Waals surface area contributed by atoms with Gasteiger partial charge in [0.15, 0.2) is 0 Å². The molecule has 0 aliphatic carbocycles. The fourth-order valence-electron chi connectivity index (χ4n) is 1.60. The van der Waals surface area contributed by atoms with Crippen LogP contribution in [0.25, 0.3) is 11.3 Å². The van der Waals surface area contributed by atoms with E-state index in [4.69, 9.17) is 23.2 Å². The van der Waals surface area contributed by atoms with Gasteiger partial charge >= 0.3 is 0 Å². The van der Waals surface area contributed by atoms with Crippen molar-refractivity contribution in [3.05, 3.63) is 35.1 Å². The molecule has 0 saturated carbocycles. The summed E-state index contributed by atoms with van der Waals surface area (Å²) in [5.41, 5.74) is 11.5. The summed E-state index contributed by atoms with van der Waals surface area (Å²) < 4.78 is 14.0. The van der Waals surface area contributed by atoms with E-state index in [1.54, 1.807) is 0 Å². The summed E-state index contributed by atoms with van der Waals surface area (Å²) in [5, 5.41) is 9.04. The maximum absolute atomic E-state index is 14.0. The topological polar surface area (TPSA) is 102 Å². The zero-order chi connectivity index (χ0) is 14.0. The second kappa shape index (κ2) is 4.63. The zero-order valence-electron chi connectivity index (χ0n) is 9.68. The van der Waals surface area contributed by atoms with E-state index in [1.807, 2.05) is 6.07 Å². The van der Waals surface area contributed by atoms with Crippen molar-refractivity contribution in [1.29, 1.82) is 5.26 Å². The predicted octanol–water partition coefficient (Wildman–Crippen LogP) is 1.30. The van der Waals surface area contributed by atoms with Crippen LogP contribution >= 0.6 is 0 Å². The third-order valence-electron chi connectivity index (χ3n) is 2.46. The Hall–Kier alpha value is -3.12. The summed E-state index contributed by atoms with van der Waals surface area (Å²) in [5.74, 6) is 1.48. The molecule has 0 atom stereocenters. The standard InChI is InChI=1S/C13H8FN5/c1-2-7-3-4-8(10(14)5-7)11-9(6-15)12(16)19-13(17)18-11/h1,3-5H,(H4,16,17,18,19). The van der Waals surface area contributed by atoms with Gasteiger partial charge < -0.3 is 11.5 Å². The van der Waals surface area contributed by atoms with E-state index >= 15 is 0 Å². The maximum atomic E-state index is 14.0. The summed E-state index contributed by atoms with van der Waals surface area (Å²) in [6, 6.07) is 5.96. The summed E-state index contributed by atoms with van der Waals surface area (Å²) in [6.45, 7) is 0. The van der Waals surface area contributed by atoms with Crippen molar-refractivity contribution >= 4 is 11.8 Å². The average Bonchev–Trinajstić information content (AvgIpc) is 2.37. The van der Waals surface area contributed by atoms with Crippen LogP contribution in [0.3, 0.4) is 0 Å². The van der Waals surface area contributed by atoms with Gasteiger partial charge in [-0.3, -0.25) is 0 Å². The van der Waals surface area contributed by atoms with E-state index in [1.165, 1.54) is 18.2 Å². The Morgan fingerprint density at radius 3 is 2.58 bits per heavy atom. The monoisotopic (exact) mass is 253 g/mol. The predicted molar refractivity (Wildman–Crippen MR) is 68.9 cm³/mol. The molecular formula is C13H8FN5. The molecule has 0 aliphatic heterocycles. The number of nitrogens with two attached hydrogens (primary N) is 2. The molecule has 4 N–H and O–H groups in total. The number of hydrogen-bond acceptors (Lipinski definition) is 5. The number of hydrogen-bond donors (Lipinski definition) is 2. The Morgan fingerprint density at radius 1 is 1.26 bits per heavy atom. The molecule has 1 aromatic heterocycles. The minimum Gasteiger partial charge on any atom is -0.382 e. The first-order valence-corrected chi connectivity index (χ1v) is 5.16. The second-order valence-electron chi connectivity index (χ2n) is 3.64. The molecule has 5 nitrogen and oxygen atoms in total. The van der Waals surface area contributed by atoms with Crippen LogP contribution in [0.4, 0.5) is 16.2 Å². The molecular weight excluding hydrogens is 245 g/mol. The summed E-state index contributed by atoms with van der Waals surface area (Å²) >= 11 is 0. The third kappa shape index (κ3) is 2.15. The number of benzene rings is 1. The van der Waals surface area contributed by atoms with Gasteiger partial charge in [-0.25, -0.2) is 9.37 Å². The summed E-state index contributed by atoms with van der Waals surface area (Å²) in [6.07, 6.45) is 5.18. The molecule has 0 saturated heterocycles. The number of nitrogens with zero attached hydrogens (tertiary/aromatic N) is 3. The van der Waals surface area contributed by atoms with Crippen molar-refractivity contribution in [3.63, 3.8) is 0 Å². The minimum atomic E-state index is -0.607. The van der Waals surface area contributed by atoms with Gasteiger partial charge in [0.25, 0.3) is 0 Å². The van der Waals surface area contributed by atoms with Crippen LogP contribution in [0, 0.1) is 29.5 Å². The molecule has 92 valence electrons. The summed E-state index contributed by atoms with van der Waals surface area (Å²) in [4.78, 5) is 7.52. The van der Waals surface area contributed by atoms with E-state index in [0.29, 0.717) is 5.56 Å². The molecule has 19 heavy (non-hydrogen) atoms. The molecule has 1 heterocycles. The van der Waals surface area contributed by atoms with Crippen molar-refractivity contribution in [2.45, 2.75) is 0 Å². The van der Waals surface area contributed by atoms with E-state index < -0.39 is 5.82 Å². The Bertz CT molecular complexity index is 740. The molecule has 2 aromatic rings. The van der Waals surface area contributed by atoms with Gasteiger partial charge in [0.05, 0.1) is 5.69 Å². The molecule has 0 fully saturated rings. The number of nitrogen functional groups attached to an aromatic ring is 2. The van der Waals surface area contributed by atoms with Gasteiger partial charge in [0, 0.05) is 11.1 Å². The molecule has 0 spiro atoms. The Labute approximate surface area is 108 Å². The Balaban J connectivity index is 2.73. The van der Waals surface area contributed by atoms with Gasteiger partial charge in [-0.1, -0.05) is 5.92 Å². The first-order valence-electron chi connectivity index (χ1n) is 5.16. The molecule has 2 rings (SSSR count). The van der Waals surface area contributed by atoms with Gasteiger partial charge in [-0.15, -0.1) is 6.42 Å². The van der Waals surface area contributed by atoms with E-state index in [2.05, 4.69) is 15.9 Å². The van der Waals surface area contributed by atoms with Crippen molar-refractivity contribution in [3.8, 4) is 29.7 Å². The Kier molecular flexibility index (Phi) is 3.01. The molecule has 0 unspecified atom stereocenters. The highest BCUT2D eigenvalue weighted by Crippen LogP contribution is 2.27. The third-order valence-corrected chi connectivity index (χ3v) is 2.46. The van der Waals surface area contributed by atoms with E-state index in [-0.39, 0.29) is 28.6 Å². The van der Waals surface area contributed by atoms with Gasteiger partial charge in [0.1, 0.15) is 23.3 Å². The number of terminal acetylenes is 1. The first kappa shape index (κ1) is 12.3. The van der Waals surface area contributed by atoms with Crippen molar-refractivity contribution in [2.24, 2.45) is 0 Å². The van der Waals surface area contributed by atoms with Crippen LogP contribution in [0.2, 0.25) is 0 Å². The summed E-state index contributed by atoms with van der Waals surface area (Å²) in [7, 11) is 0.